The van der Waals surface area contributed by atoms with Gasteiger partial charge in [-0.2, -0.15) is 0 Å². The van der Waals surface area contributed by atoms with E-state index in [1.807, 2.05) is 32.9 Å². The number of nitrogens with one attached hydrogen (secondary N) is 3. The van der Waals surface area contributed by atoms with Crippen LogP contribution in [0.15, 0.2) is 51.7 Å². The van der Waals surface area contributed by atoms with Crippen LogP contribution < -0.4 is 16.4 Å². The summed E-state index contributed by atoms with van der Waals surface area (Å²) in [5, 5.41) is 5.64. The summed E-state index contributed by atoms with van der Waals surface area (Å²) < 4.78 is 4.96. The van der Waals surface area contributed by atoms with E-state index in [0.29, 0.717) is 28.8 Å². The van der Waals surface area contributed by atoms with Crippen LogP contribution in [0.3, 0.4) is 0 Å². The summed E-state index contributed by atoms with van der Waals surface area (Å²) in [4.78, 5) is 39.3. The van der Waals surface area contributed by atoms with E-state index in [9.17, 15) is 14.4 Å². The molecule has 7 heteroatoms. The predicted octanol–water partition coefficient (Wildman–Crippen LogP) is 3.21. The zero-order valence-electron chi connectivity index (χ0n) is 16.0. The van der Waals surface area contributed by atoms with Gasteiger partial charge in [-0.3, -0.25) is 14.6 Å². The van der Waals surface area contributed by atoms with Crippen molar-refractivity contribution in [1.29, 1.82) is 0 Å². The van der Waals surface area contributed by atoms with Crippen LogP contribution >= 0.6 is 0 Å². The Morgan fingerprint density at radius 2 is 1.89 bits per heavy atom. The van der Waals surface area contributed by atoms with E-state index >= 15 is 0 Å². The Balaban J connectivity index is 1.77. The fraction of sp³-hybridized carbons (Fsp3) is 0.286. The number of hydrogen-bond donors (Lipinski definition) is 3. The summed E-state index contributed by atoms with van der Waals surface area (Å²) in [6.07, 6.45) is 0.494. The number of carbonyl (C=O) groups excluding carboxylic acids is 2. The van der Waals surface area contributed by atoms with Crippen molar-refractivity contribution >= 4 is 28.6 Å². The third kappa shape index (κ3) is 4.49. The number of H-pyrrole nitrogens is 1. The summed E-state index contributed by atoms with van der Waals surface area (Å²) in [6, 6.07) is 11.4. The molecule has 7 nitrogen and oxygen atoms in total. The smallest absolute Gasteiger partial charge is 0.408 e. The molecule has 3 aromatic rings. The van der Waals surface area contributed by atoms with E-state index in [0.717, 1.165) is 5.56 Å². The van der Waals surface area contributed by atoms with E-state index in [1.165, 1.54) is 0 Å². The summed E-state index contributed by atoms with van der Waals surface area (Å²) in [5.74, 6) is -0.948. The summed E-state index contributed by atoms with van der Waals surface area (Å²) in [6.45, 7) is 5.83. The molecular weight excluding hydrogens is 358 g/mol. The van der Waals surface area contributed by atoms with E-state index in [2.05, 4.69) is 15.6 Å². The zero-order chi connectivity index (χ0) is 20.3. The van der Waals surface area contributed by atoms with Crippen LogP contribution in [0, 0.1) is 12.8 Å². The molecule has 3 N–H and O–H groups in total. The molecule has 0 aliphatic rings. The molecule has 1 heterocycles. The lowest BCUT2D eigenvalue weighted by Crippen LogP contribution is -2.44. The van der Waals surface area contributed by atoms with Crippen LogP contribution in [0.25, 0.3) is 11.1 Å². The highest BCUT2D eigenvalue weighted by Crippen LogP contribution is 2.17. The molecule has 2 amide bonds. The van der Waals surface area contributed by atoms with Gasteiger partial charge in [-0.05, 0) is 49.1 Å². The minimum absolute atomic E-state index is 0.209. The number of oxazole rings is 1. The van der Waals surface area contributed by atoms with Crippen LogP contribution in [0.2, 0.25) is 0 Å². The molecule has 1 unspecified atom stereocenters. The average molecular weight is 381 g/mol. The maximum absolute atomic E-state index is 12.8. The molecule has 0 saturated heterocycles. The molecule has 0 radical (unpaired) electrons. The highest BCUT2D eigenvalue weighted by molar-refractivity contribution is 6.02. The van der Waals surface area contributed by atoms with Crippen molar-refractivity contribution in [2.24, 2.45) is 5.92 Å². The Morgan fingerprint density at radius 1 is 1.14 bits per heavy atom. The van der Waals surface area contributed by atoms with Gasteiger partial charge in [0.15, 0.2) is 5.58 Å². The third-order valence-electron chi connectivity index (χ3n) is 4.41. The molecule has 0 aliphatic carbocycles. The van der Waals surface area contributed by atoms with Gasteiger partial charge in [0.05, 0.1) is 5.52 Å². The monoisotopic (exact) mass is 381 g/mol. The fourth-order valence-electron chi connectivity index (χ4n) is 3.03. The second-order valence-corrected chi connectivity index (χ2v) is 7.19. The Kier molecular flexibility index (Phi) is 5.63. The highest BCUT2D eigenvalue weighted by atomic mass is 16.4. The number of carbonyl (C=O) groups is 2. The van der Waals surface area contributed by atoms with Crippen molar-refractivity contribution in [3.05, 3.63) is 64.1 Å². The van der Waals surface area contributed by atoms with Crippen molar-refractivity contribution in [1.82, 2.24) is 10.3 Å². The first-order chi connectivity index (χ1) is 13.3. The van der Waals surface area contributed by atoms with E-state index < -0.39 is 11.8 Å². The largest absolute Gasteiger partial charge is 0.417 e. The first kappa shape index (κ1) is 19.4. The van der Waals surface area contributed by atoms with Crippen molar-refractivity contribution in [3.8, 4) is 0 Å². The van der Waals surface area contributed by atoms with Crippen LogP contribution in [0.5, 0.6) is 0 Å². The molecule has 0 fully saturated rings. The summed E-state index contributed by atoms with van der Waals surface area (Å²) >= 11 is 0. The highest BCUT2D eigenvalue weighted by Gasteiger charge is 2.23. The topological polar surface area (TPSA) is 104 Å². The average Bonchev–Trinajstić information content (AvgIpc) is 3.00. The summed E-state index contributed by atoms with van der Waals surface area (Å²) in [7, 11) is 0. The van der Waals surface area contributed by atoms with E-state index in [1.54, 1.807) is 30.3 Å². The molecule has 2 aromatic carbocycles. The van der Waals surface area contributed by atoms with Crippen molar-refractivity contribution in [2.75, 3.05) is 5.32 Å². The minimum Gasteiger partial charge on any atom is -0.408 e. The SMILES string of the molecule is Cc1ccccc1C(=O)NC(CC(C)C)C(=O)Nc1ccc2oc(=O)[nH]c2c1. The van der Waals surface area contributed by atoms with Crippen LogP contribution in [0.4, 0.5) is 5.69 Å². The second-order valence-electron chi connectivity index (χ2n) is 7.19. The number of benzene rings is 2. The number of fused-ring (bicyclic) bond motifs is 1. The Bertz CT molecular complexity index is 1060. The second kappa shape index (κ2) is 8.12. The van der Waals surface area contributed by atoms with Gasteiger partial charge in [0, 0.05) is 11.3 Å². The molecule has 0 saturated carbocycles. The van der Waals surface area contributed by atoms with E-state index in [-0.39, 0.29) is 17.7 Å². The van der Waals surface area contributed by atoms with Gasteiger partial charge in [0.1, 0.15) is 6.04 Å². The number of anilines is 1. The lowest BCUT2D eigenvalue weighted by molar-refractivity contribution is -0.118. The molecule has 1 atom stereocenters. The summed E-state index contributed by atoms with van der Waals surface area (Å²) in [5.41, 5.74) is 2.80. The van der Waals surface area contributed by atoms with Gasteiger partial charge in [0.2, 0.25) is 5.91 Å². The molecule has 146 valence electrons. The Labute approximate surface area is 162 Å². The first-order valence-corrected chi connectivity index (χ1v) is 9.13. The number of aromatic amines is 1. The van der Waals surface area contributed by atoms with Crippen LogP contribution in [-0.4, -0.2) is 22.8 Å². The standard InChI is InChI=1S/C21H23N3O4/c1-12(2)10-17(23-19(25)15-7-5-4-6-13(15)3)20(26)22-14-8-9-18-16(11-14)24-21(27)28-18/h4-9,11-12,17H,10H2,1-3H3,(H,22,26)(H,23,25)(H,24,27). The Morgan fingerprint density at radius 3 is 2.61 bits per heavy atom. The fourth-order valence-corrected chi connectivity index (χ4v) is 3.03. The molecule has 28 heavy (non-hydrogen) atoms. The van der Waals surface area contributed by atoms with Gasteiger partial charge in [-0.15, -0.1) is 0 Å². The Hall–Kier alpha value is -3.35. The van der Waals surface area contributed by atoms with Gasteiger partial charge < -0.3 is 15.1 Å². The third-order valence-corrected chi connectivity index (χ3v) is 4.41. The molecule has 0 spiro atoms. The maximum Gasteiger partial charge on any atom is 0.417 e. The van der Waals surface area contributed by atoms with Gasteiger partial charge in [-0.25, -0.2) is 4.79 Å². The zero-order valence-corrected chi connectivity index (χ0v) is 16.0. The molecule has 3 rings (SSSR count). The van der Waals surface area contributed by atoms with Crippen LogP contribution in [0.1, 0.15) is 36.2 Å². The van der Waals surface area contributed by atoms with E-state index in [4.69, 9.17) is 4.42 Å². The van der Waals surface area contributed by atoms with Crippen LogP contribution in [-0.2, 0) is 4.79 Å². The number of hydrogen-bond acceptors (Lipinski definition) is 4. The first-order valence-electron chi connectivity index (χ1n) is 9.13. The van der Waals surface area contributed by atoms with Gasteiger partial charge in [-0.1, -0.05) is 32.0 Å². The quantitative estimate of drug-likeness (QED) is 0.610. The lowest BCUT2D eigenvalue weighted by atomic mass is 10.0. The molecule has 1 aromatic heterocycles. The van der Waals surface area contributed by atoms with Crippen molar-refractivity contribution in [3.63, 3.8) is 0 Å². The number of aromatic nitrogens is 1. The van der Waals surface area contributed by atoms with Crippen molar-refractivity contribution < 1.29 is 14.0 Å². The van der Waals surface area contributed by atoms with Gasteiger partial charge >= 0.3 is 5.76 Å². The number of amides is 2. The van der Waals surface area contributed by atoms with Crippen molar-refractivity contribution in [2.45, 2.75) is 33.2 Å². The number of rotatable bonds is 6. The normalized spacial score (nSPS) is 12.1. The minimum atomic E-state index is -0.689. The number of aryl methyl sites for hydroxylation is 1. The van der Waals surface area contributed by atoms with Gasteiger partial charge in [0.25, 0.3) is 5.91 Å². The predicted molar refractivity (Wildman–Crippen MR) is 107 cm³/mol. The lowest BCUT2D eigenvalue weighted by Gasteiger charge is -2.20. The maximum atomic E-state index is 12.8. The molecular formula is C21H23N3O4. The molecule has 0 aliphatic heterocycles. The molecule has 0 bridgehead atoms.